The molecule has 0 saturated heterocycles. The van der Waals surface area contributed by atoms with Gasteiger partial charge in [-0.2, -0.15) is 10.2 Å². The molecule has 2 aromatic heterocycles. The van der Waals surface area contributed by atoms with Gasteiger partial charge in [-0.15, -0.1) is 12.3 Å². The van der Waals surface area contributed by atoms with E-state index in [2.05, 4.69) is 21.7 Å². The van der Waals surface area contributed by atoms with Crippen LogP contribution in [0.4, 0.5) is 10.6 Å². The van der Waals surface area contributed by atoms with Gasteiger partial charge in [0.25, 0.3) is 5.91 Å². The molecule has 0 unspecified atom stereocenters. The van der Waals surface area contributed by atoms with Crippen LogP contribution in [0.15, 0.2) is 18.5 Å². The third kappa shape index (κ3) is 6.37. The molecule has 178 valence electrons. The number of hydrogen-bond donors (Lipinski definition) is 2. The van der Waals surface area contributed by atoms with E-state index in [4.69, 9.17) is 16.3 Å². The SMILES string of the molecule is C#CCCn1cc(C(=O)Nc2cc([C@H]3CC[C@@H](OC(=O)NC(C)C)C3)nn2C(C)(C)C)cn1. The van der Waals surface area contributed by atoms with Gasteiger partial charge in [-0.1, -0.05) is 0 Å². The predicted octanol–water partition coefficient (Wildman–Crippen LogP) is 3.88. The van der Waals surface area contributed by atoms with Crippen molar-refractivity contribution < 1.29 is 14.3 Å². The fourth-order valence-electron chi connectivity index (χ4n) is 3.91. The summed E-state index contributed by atoms with van der Waals surface area (Å²) in [6.07, 6.45) is 10.9. The Balaban J connectivity index is 1.71. The van der Waals surface area contributed by atoms with Crippen LogP contribution >= 0.6 is 0 Å². The van der Waals surface area contributed by atoms with Gasteiger partial charge in [-0.25, -0.2) is 9.48 Å². The first-order valence-electron chi connectivity index (χ1n) is 11.4. The summed E-state index contributed by atoms with van der Waals surface area (Å²) in [6, 6.07) is 1.96. The molecular formula is C24H34N6O3. The van der Waals surface area contributed by atoms with Gasteiger partial charge in [-0.3, -0.25) is 9.48 Å². The summed E-state index contributed by atoms with van der Waals surface area (Å²) >= 11 is 0. The number of hydrogen-bond acceptors (Lipinski definition) is 5. The molecule has 1 fully saturated rings. The fraction of sp³-hybridized carbons (Fsp3) is 0.583. The van der Waals surface area contributed by atoms with Crippen molar-refractivity contribution in [3.63, 3.8) is 0 Å². The molecular weight excluding hydrogens is 420 g/mol. The van der Waals surface area contributed by atoms with Gasteiger partial charge in [-0.05, 0) is 53.9 Å². The highest BCUT2D eigenvalue weighted by atomic mass is 16.6. The lowest BCUT2D eigenvalue weighted by atomic mass is 10.0. The molecule has 1 aliphatic carbocycles. The quantitative estimate of drug-likeness (QED) is 0.618. The number of ether oxygens (including phenoxy) is 1. The molecule has 0 aromatic carbocycles. The van der Waals surface area contributed by atoms with Crippen LogP contribution in [0.2, 0.25) is 0 Å². The van der Waals surface area contributed by atoms with E-state index in [0.29, 0.717) is 30.8 Å². The van der Waals surface area contributed by atoms with E-state index in [1.165, 1.54) is 6.20 Å². The minimum atomic E-state index is -0.383. The van der Waals surface area contributed by atoms with Crippen molar-refractivity contribution >= 4 is 17.8 Å². The number of alkyl carbamates (subject to hydrolysis) is 1. The Morgan fingerprint density at radius 1 is 1.33 bits per heavy atom. The van der Waals surface area contributed by atoms with Gasteiger partial charge in [0, 0.05) is 30.6 Å². The second-order valence-electron chi connectivity index (χ2n) is 9.77. The monoisotopic (exact) mass is 454 g/mol. The van der Waals surface area contributed by atoms with E-state index in [1.54, 1.807) is 10.9 Å². The summed E-state index contributed by atoms with van der Waals surface area (Å²) in [5.74, 6) is 3.10. The molecule has 1 saturated carbocycles. The van der Waals surface area contributed by atoms with Crippen molar-refractivity contribution in [1.82, 2.24) is 24.9 Å². The number of terminal acetylenes is 1. The van der Waals surface area contributed by atoms with Crippen LogP contribution in [0.3, 0.4) is 0 Å². The maximum Gasteiger partial charge on any atom is 0.407 e. The van der Waals surface area contributed by atoms with Crippen molar-refractivity contribution in [2.45, 2.75) is 90.4 Å². The zero-order valence-corrected chi connectivity index (χ0v) is 20.1. The van der Waals surface area contributed by atoms with Crippen LogP contribution in [-0.4, -0.2) is 43.7 Å². The van der Waals surface area contributed by atoms with Crippen LogP contribution in [0.25, 0.3) is 0 Å². The van der Waals surface area contributed by atoms with Gasteiger partial charge >= 0.3 is 6.09 Å². The first-order valence-corrected chi connectivity index (χ1v) is 11.4. The normalized spacial score (nSPS) is 18.2. The molecule has 2 amide bonds. The highest BCUT2D eigenvalue weighted by molar-refractivity contribution is 6.03. The molecule has 2 atom stereocenters. The minimum absolute atomic E-state index is 0.0350. The standard InChI is InChI=1S/C24H34N6O3/c1-7-8-11-29-15-18(14-25-29)22(31)27-21-13-20(28-30(21)24(4,5)6)17-9-10-19(12-17)33-23(32)26-16(2)3/h1,13-17,19H,8-12H2,2-6H3,(H,26,32)(H,27,31)/t17-,19+/m0/s1. The summed E-state index contributed by atoms with van der Waals surface area (Å²) in [4.78, 5) is 24.8. The topological polar surface area (TPSA) is 103 Å². The van der Waals surface area contributed by atoms with Crippen molar-refractivity contribution in [3.05, 3.63) is 29.7 Å². The van der Waals surface area contributed by atoms with E-state index in [9.17, 15) is 9.59 Å². The fourth-order valence-corrected chi connectivity index (χ4v) is 3.91. The second kappa shape index (κ2) is 10.1. The third-order valence-electron chi connectivity index (χ3n) is 5.47. The van der Waals surface area contributed by atoms with Crippen molar-refractivity contribution in [2.75, 3.05) is 5.32 Å². The zero-order chi connectivity index (χ0) is 24.2. The largest absolute Gasteiger partial charge is 0.446 e. The molecule has 0 aliphatic heterocycles. The molecule has 9 heteroatoms. The molecule has 3 rings (SSSR count). The lowest BCUT2D eigenvalue weighted by Crippen LogP contribution is -2.33. The lowest BCUT2D eigenvalue weighted by molar-refractivity contribution is 0.0979. The number of carbonyl (C=O) groups excluding carboxylic acids is 2. The first-order chi connectivity index (χ1) is 15.6. The Bertz CT molecular complexity index is 1020. The second-order valence-corrected chi connectivity index (χ2v) is 9.77. The lowest BCUT2D eigenvalue weighted by Gasteiger charge is -2.22. The maximum atomic E-state index is 12.9. The average molecular weight is 455 g/mol. The van der Waals surface area contributed by atoms with Gasteiger partial charge < -0.3 is 15.4 Å². The minimum Gasteiger partial charge on any atom is -0.446 e. The summed E-state index contributed by atoms with van der Waals surface area (Å²) in [7, 11) is 0. The summed E-state index contributed by atoms with van der Waals surface area (Å²) in [5, 5.41) is 14.8. The van der Waals surface area contributed by atoms with E-state index in [-0.39, 0.29) is 35.6 Å². The van der Waals surface area contributed by atoms with E-state index in [1.807, 2.05) is 45.4 Å². The van der Waals surface area contributed by atoms with E-state index < -0.39 is 0 Å². The number of nitrogens with zero attached hydrogens (tertiary/aromatic N) is 4. The number of amides is 2. The molecule has 2 aromatic rings. The van der Waals surface area contributed by atoms with E-state index in [0.717, 1.165) is 18.5 Å². The van der Waals surface area contributed by atoms with E-state index >= 15 is 0 Å². The smallest absolute Gasteiger partial charge is 0.407 e. The van der Waals surface area contributed by atoms with Crippen LogP contribution in [0, 0.1) is 12.3 Å². The number of aryl methyl sites for hydroxylation is 1. The third-order valence-corrected chi connectivity index (χ3v) is 5.47. The molecule has 2 heterocycles. The highest BCUT2D eigenvalue weighted by Crippen LogP contribution is 2.37. The Kier molecular flexibility index (Phi) is 7.46. The Morgan fingerprint density at radius 2 is 2.09 bits per heavy atom. The summed E-state index contributed by atoms with van der Waals surface area (Å²) < 4.78 is 9.05. The zero-order valence-electron chi connectivity index (χ0n) is 20.1. The van der Waals surface area contributed by atoms with Gasteiger partial charge in [0.15, 0.2) is 0 Å². The van der Waals surface area contributed by atoms with Crippen molar-refractivity contribution in [3.8, 4) is 12.3 Å². The molecule has 1 aliphatic rings. The van der Waals surface area contributed by atoms with Gasteiger partial charge in [0.05, 0.1) is 29.5 Å². The van der Waals surface area contributed by atoms with Gasteiger partial charge in [0.1, 0.15) is 11.9 Å². The van der Waals surface area contributed by atoms with Crippen molar-refractivity contribution in [1.29, 1.82) is 0 Å². The number of anilines is 1. The first kappa shape index (κ1) is 24.4. The molecule has 0 radical (unpaired) electrons. The van der Waals surface area contributed by atoms with Crippen LogP contribution in [-0.2, 0) is 16.8 Å². The Hall–Kier alpha value is -3.28. The van der Waals surface area contributed by atoms with Gasteiger partial charge in [0.2, 0.25) is 0 Å². The van der Waals surface area contributed by atoms with Crippen LogP contribution in [0.1, 0.15) is 82.3 Å². The Labute approximate surface area is 195 Å². The molecule has 0 bridgehead atoms. The Morgan fingerprint density at radius 3 is 2.76 bits per heavy atom. The number of carbonyl (C=O) groups is 2. The maximum absolute atomic E-state index is 12.9. The molecule has 0 spiro atoms. The van der Waals surface area contributed by atoms with Crippen LogP contribution in [0.5, 0.6) is 0 Å². The molecule has 33 heavy (non-hydrogen) atoms. The highest BCUT2D eigenvalue weighted by Gasteiger charge is 2.32. The average Bonchev–Trinajstić information content (AvgIpc) is 3.44. The number of rotatable bonds is 7. The summed E-state index contributed by atoms with van der Waals surface area (Å²) in [6.45, 7) is 10.5. The van der Waals surface area contributed by atoms with Crippen molar-refractivity contribution in [2.24, 2.45) is 0 Å². The number of aromatic nitrogens is 4. The predicted molar refractivity (Wildman–Crippen MR) is 126 cm³/mol. The molecule has 9 nitrogen and oxygen atoms in total. The molecule has 2 N–H and O–H groups in total. The number of nitrogens with one attached hydrogen (secondary N) is 2. The summed E-state index contributed by atoms with van der Waals surface area (Å²) in [5.41, 5.74) is 1.02. The van der Waals surface area contributed by atoms with Crippen LogP contribution < -0.4 is 10.6 Å².